The summed E-state index contributed by atoms with van der Waals surface area (Å²) in [6.45, 7) is 2.53. The standard InChI is InChI=1S/C12H18N6O2S/c13-2-1-4-17-9-11(8-15-17)21(19,20)18-7-6-16-5-3-14-12(16)10-18/h3,5,8-9H,1-2,4,6-7,10,13H2. The van der Waals surface area contributed by atoms with Crippen molar-refractivity contribution in [3.05, 3.63) is 30.6 Å². The van der Waals surface area contributed by atoms with E-state index >= 15 is 0 Å². The lowest BCUT2D eigenvalue weighted by Crippen LogP contribution is -2.38. The van der Waals surface area contributed by atoms with Gasteiger partial charge < -0.3 is 10.3 Å². The second-order valence-corrected chi connectivity index (χ2v) is 6.89. The predicted octanol–water partition coefficient (Wildman–Crippen LogP) is -0.367. The Hall–Kier alpha value is -1.71. The fourth-order valence-corrected chi connectivity index (χ4v) is 3.70. The lowest BCUT2D eigenvalue weighted by atomic mass is 10.4. The molecule has 0 fully saturated rings. The third kappa shape index (κ3) is 2.71. The molecule has 2 N–H and O–H groups in total. The van der Waals surface area contributed by atoms with Crippen LogP contribution < -0.4 is 5.73 Å². The van der Waals surface area contributed by atoms with Gasteiger partial charge in [-0.05, 0) is 13.0 Å². The Labute approximate surface area is 123 Å². The lowest BCUT2D eigenvalue weighted by molar-refractivity contribution is 0.335. The molecule has 8 nitrogen and oxygen atoms in total. The zero-order valence-corrected chi connectivity index (χ0v) is 12.4. The van der Waals surface area contributed by atoms with E-state index in [-0.39, 0.29) is 4.90 Å². The molecule has 114 valence electrons. The molecule has 3 rings (SSSR count). The maximum absolute atomic E-state index is 12.6. The highest BCUT2D eigenvalue weighted by atomic mass is 32.2. The Kier molecular flexibility index (Phi) is 3.79. The van der Waals surface area contributed by atoms with Crippen molar-refractivity contribution in [2.24, 2.45) is 5.73 Å². The second-order valence-electron chi connectivity index (χ2n) is 4.96. The smallest absolute Gasteiger partial charge is 0.246 e. The summed E-state index contributed by atoms with van der Waals surface area (Å²) in [4.78, 5) is 4.40. The van der Waals surface area contributed by atoms with Crippen LogP contribution in [0.2, 0.25) is 0 Å². The van der Waals surface area contributed by atoms with Crippen LogP contribution in [0, 0.1) is 0 Å². The quantitative estimate of drug-likeness (QED) is 0.812. The van der Waals surface area contributed by atoms with Crippen LogP contribution in [0.25, 0.3) is 0 Å². The van der Waals surface area contributed by atoms with Crippen molar-refractivity contribution in [2.45, 2.75) is 31.0 Å². The Bertz CT molecular complexity index is 720. The van der Waals surface area contributed by atoms with E-state index in [0.29, 0.717) is 32.7 Å². The number of nitrogens with two attached hydrogens (primary N) is 1. The highest BCUT2D eigenvalue weighted by molar-refractivity contribution is 7.89. The molecule has 0 radical (unpaired) electrons. The Morgan fingerprint density at radius 2 is 2.19 bits per heavy atom. The molecule has 1 aliphatic heterocycles. The van der Waals surface area contributed by atoms with Crippen molar-refractivity contribution in [1.29, 1.82) is 0 Å². The third-order valence-corrected chi connectivity index (χ3v) is 5.35. The number of hydrogen-bond donors (Lipinski definition) is 1. The van der Waals surface area contributed by atoms with Gasteiger partial charge in [-0.3, -0.25) is 4.68 Å². The number of aryl methyl sites for hydroxylation is 1. The van der Waals surface area contributed by atoms with Gasteiger partial charge in [0.05, 0.1) is 12.7 Å². The van der Waals surface area contributed by atoms with E-state index in [1.807, 2.05) is 10.8 Å². The average Bonchev–Trinajstić information content (AvgIpc) is 3.13. The summed E-state index contributed by atoms with van der Waals surface area (Å²) in [6, 6.07) is 0. The second kappa shape index (κ2) is 5.58. The minimum Gasteiger partial charge on any atom is -0.333 e. The highest BCUT2D eigenvalue weighted by Gasteiger charge is 2.29. The largest absolute Gasteiger partial charge is 0.333 e. The van der Waals surface area contributed by atoms with Crippen molar-refractivity contribution < 1.29 is 8.42 Å². The minimum atomic E-state index is -3.52. The molecule has 0 spiro atoms. The van der Waals surface area contributed by atoms with Crippen LogP contribution in [0.4, 0.5) is 0 Å². The van der Waals surface area contributed by atoms with Gasteiger partial charge in [-0.25, -0.2) is 13.4 Å². The molecule has 2 aromatic heterocycles. The van der Waals surface area contributed by atoms with Crippen molar-refractivity contribution in [3.8, 4) is 0 Å². The van der Waals surface area contributed by atoms with Crippen LogP contribution in [0.1, 0.15) is 12.2 Å². The molecular formula is C12H18N6O2S. The van der Waals surface area contributed by atoms with E-state index in [9.17, 15) is 8.42 Å². The fraction of sp³-hybridized carbons (Fsp3) is 0.500. The van der Waals surface area contributed by atoms with Crippen molar-refractivity contribution >= 4 is 10.0 Å². The van der Waals surface area contributed by atoms with Crippen LogP contribution in [-0.4, -0.2) is 45.1 Å². The van der Waals surface area contributed by atoms with Crippen LogP contribution in [0.5, 0.6) is 0 Å². The van der Waals surface area contributed by atoms with Gasteiger partial charge >= 0.3 is 0 Å². The van der Waals surface area contributed by atoms with Crippen LogP contribution in [0.3, 0.4) is 0 Å². The van der Waals surface area contributed by atoms with E-state index in [0.717, 1.165) is 12.2 Å². The molecule has 0 aliphatic carbocycles. The predicted molar refractivity (Wildman–Crippen MR) is 75.7 cm³/mol. The van der Waals surface area contributed by atoms with Crippen molar-refractivity contribution in [1.82, 2.24) is 23.6 Å². The molecule has 0 amide bonds. The Morgan fingerprint density at radius 3 is 3.00 bits per heavy atom. The number of nitrogens with zero attached hydrogens (tertiary/aromatic N) is 5. The van der Waals surface area contributed by atoms with Gasteiger partial charge in [0.1, 0.15) is 10.7 Å². The third-order valence-electron chi connectivity index (χ3n) is 3.55. The fourth-order valence-electron chi connectivity index (χ4n) is 2.36. The van der Waals surface area contributed by atoms with Crippen LogP contribution >= 0.6 is 0 Å². The Balaban J connectivity index is 1.79. The van der Waals surface area contributed by atoms with E-state index in [2.05, 4.69) is 10.1 Å². The van der Waals surface area contributed by atoms with Gasteiger partial charge in [-0.2, -0.15) is 9.40 Å². The number of aromatic nitrogens is 4. The highest BCUT2D eigenvalue weighted by Crippen LogP contribution is 2.20. The van der Waals surface area contributed by atoms with Crippen LogP contribution in [-0.2, 0) is 29.7 Å². The monoisotopic (exact) mass is 310 g/mol. The maximum Gasteiger partial charge on any atom is 0.246 e. The molecule has 0 saturated carbocycles. The Morgan fingerprint density at radius 1 is 1.33 bits per heavy atom. The van der Waals surface area contributed by atoms with Crippen molar-refractivity contribution in [3.63, 3.8) is 0 Å². The number of sulfonamides is 1. The van der Waals surface area contributed by atoms with Gasteiger partial charge in [0, 0.05) is 38.2 Å². The molecule has 1 aliphatic rings. The first kappa shape index (κ1) is 14.2. The number of fused-ring (bicyclic) bond motifs is 1. The van der Waals surface area contributed by atoms with E-state index < -0.39 is 10.0 Å². The van der Waals surface area contributed by atoms with E-state index in [1.165, 1.54) is 10.5 Å². The molecular weight excluding hydrogens is 292 g/mol. The summed E-state index contributed by atoms with van der Waals surface area (Å²) in [5, 5.41) is 4.08. The maximum atomic E-state index is 12.6. The molecule has 0 unspecified atom stereocenters. The number of imidazole rings is 1. The van der Waals surface area contributed by atoms with Crippen LogP contribution in [0.15, 0.2) is 29.7 Å². The number of rotatable bonds is 5. The first-order valence-corrected chi connectivity index (χ1v) is 8.28. The normalized spacial score (nSPS) is 16.0. The summed E-state index contributed by atoms with van der Waals surface area (Å²) in [7, 11) is -3.52. The molecule has 0 atom stereocenters. The van der Waals surface area contributed by atoms with Crippen molar-refractivity contribution in [2.75, 3.05) is 13.1 Å². The summed E-state index contributed by atoms with van der Waals surface area (Å²) >= 11 is 0. The van der Waals surface area contributed by atoms with Gasteiger partial charge in [0.15, 0.2) is 0 Å². The molecule has 0 bridgehead atoms. The summed E-state index contributed by atoms with van der Waals surface area (Å²) in [6.07, 6.45) is 7.28. The number of hydrogen-bond acceptors (Lipinski definition) is 5. The molecule has 2 aromatic rings. The summed E-state index contributed by atoms with van der Waals surface area (Å²) in [5.74, 6) is 0.764. The molecule has 21 heavy (non-hydrogen) atoms. The van der Waals surface area contributed by atoms with E-state index in [1.54, 1.807) is 17.1 Å². The topological polar surface area (TPSA) is 99.0 Å². The van der Waals surface area contributed by atoms with Gasteiger partial charge in [-0.1, -0.05) is 0 Å². The first-order chi connectivity index (χ1) is 10.1. The lowest BCUT2D eigenvalue weighted by Gasteiger charge is -2.26. The SMILES string of the molecule is NCCCn1cc(S(=O)(=O)N2CCn3ccnc3C2)cn1. The zero-order chi connectivity index (χ0) is 14.9. The summed E-state index contributed by atoms with van der Waals surface area (Å²) < 4.78 is 30.3. The molecule has 9 heteroatoms. The summed E-state index contributed by atoms with van der Waals surface area (Å²) in [5.41, 5.74) is 5.44. The zero-order valence-electron chi connectivity index (χ0n) is 11.6. The minimum absolute atomic E-state index is 0.222. The average molecular weight is 310 g/mol. The van der Waals surface area contributed by atoms with E-state index in [4.69, 9.17) is 5.73 Å². The molecule has 0 saturated heterocycles. The van der Waals surface area contributed by atoms with Gasteiger partial charge in [0.25, 0.3) is 0 Å². The molecule has 0 aromatic carbocycles. The molecule has 3 heterocycles. The van der Waals surface area contributed by atoms with Gasteiger partial charge in [0.2, 0.25) is 10.0 Å². The van der Waals surface area contributed by atoms with Gasteiger partial charge in [-0.15, -0.1) is 0 Å². The first-order valence-electron chi connectivity index (χ1n) is 6.84.